The molecular weight excluding hydrogens is 386 g/mol. The van der Waals surface area contributed by atoms with Crippen LogP contribution >= 0.6 is 15.9 Å². The maximum atomic E-state index is 11.9. The molecule has 2 aromatic rings. The first-order valence-corrected chi connectivity index (χ1v) is 8.93. The maximum Gasteiger partial charge on any atom is 0.310 e. The Morgan fingerprint density at radius 1 is 1.17 bits per heavy atom. The van der Waals surface area contributed by atoms with Crippen molar-refractivity contribution in [3.05, 3.63) is 52.2 Å². The Hall–Kier alpha value is -1.64. The van der Waals surface area contributed by atoms with Crippen LogP contribution in [0.2, 0.25) is 0 Å². The van der Waals surface area contributed by atoms with Gasteiger partial charge in [-0.2, -0.15) is 0 Å². The van der Waals surface area contributed by atoms with Crippen molar-refractivity contribution in [2.24, 2.45) is 0 Å². The zero-order chi connectivity index (χ0) is 17.0. The first-order valence-electron chi connectivity index (χ1n) is 6.70. The molecule has 0 unspecified atom stereocenters. The molecule has 0 fully saturated rings. The molecule has 0 aliphatic heterocycles. The molecule has 6 nitrogen and oxygen atoms in total. The van der Waals surface area contributed by atoms with Crippen molar-refractivity contribution in [1.29, 1.82) is 0 Å². The van der Waals surface area contributed by atoms with E-state index in [9.17, 15) is 13.2 Å². The molecule has 0 amide bonds. The summed E-state index contributed by atoms with van der Waals surface area (Å²) < 4.78 is 36.0. The summed E-state index contributed by atoms with van der Waals surface area (Å²) in [4.78, 5) is 11.8. The van der Waals surface area contributed by atoms with Gasteiger partial charge in [0.05, 0.1) is 6.42 Å². The quantitative estimate of drug-likeness (QED) is 0.695. The highest BCUT2D eigenvalue weighted by molar-refractivity contribution is 9.10. The SMILES string of the molecule is CN(C)S(=O)(=O)c1ccc(COC(=O)Cc2ccc(Br)cc2)o1. The third-order valence-corrected chi connectivity index (χ3v) is 5.23. The van der Waals surface area contributed by atoms with Gasteiger partial charge >= 0.3 is 5.97 Å². The third kappa shape index (κ3) is 4.66. The number of esters is 1. The van der Waals surface area contributed by atoms with Gasteiger partial charge in [-0.15, -0.1) is 0 Å². The summed E-state index contributed by atoms with van der Waals surface area (Å²) in [7, 11) is -0.801. The van der Waals surface area contributed by atoms with Crippen LogP contribution in [0.4, 0.5) is 0 Å². The van der Waals surface area contributed by atoms with Gasteiger partial charge in [0, 0.05) is 18.6 Å². The molecule has 0 N–H and O–H groups in total. The second kappa shape index (κ2) is 7.29. The predicted molar refractivity (Wildman–Crippen MR) is 87.2 cm³/mol. The van der Waals surface area contributed by atoms with Crippen LogP contribution in [0.25, 0.3) is 0 Å². The largest absolute Gasteiger partial charge is 0.457 e. The van der Waals surface area contributed by atoms with E-state index >= 15 is 0 Å². The van der Waals surface area contributed by atoms with Crippen molar-refractivity contribution in [2.75, 3.05) is 14.1 Å². The normalized spacial score (nSPS) is 11.7. The number of sulfonamides is 1. The fraction of sp³-hybridized carbons (Fsp3) is 0.267. The van der Waals surface area contributed by atoms with E-state index in [0.717, 1.165) is 14.3 Å². The minimum Gasteiger partial charge on any atom is -0.457 e. The van der Waals surface area contributed by atoms with Gasteiger partial charge in [0.2, 0.25) is 5.09 Å². The zero-order valence-electron chi connectivity index (χ0n) is 12.7. The Bertz CT molecular complexity index is 780. The lowest BCUT2D eigenvalue weighted by atomic mass is 10.2. The molecule has 2 rings (SSSR count). The van der Waals surface area contributed by atoms with Crippen molar-refractivity contribution in [2.45, 2.75) is 18.1 Å². The summed E-state index contributed by atoms with van der Waals surface area (Å²) in [6.07, 6.45) is 0.136. The van der Waals surface area contributed by atoms with Crippen molar-refractivity contribution >= 4 is 31.9 Å². The Morgan fingerprint density at radius 3 is 2.43 bits per heavy atom. The summed E-state index contributed by atoms with van der Waals surface area (Å²) in [6.45, 7) is -0.113. The van der Waals surface area contributed by atoms with Gasteiger partial charge in [-0.1, -0.05) is 28.1 Å². The van der Waals surface area contributed by atoms with E-state index in [0.29, 0.717) is 0 Å². The molecule has 8 heteroatoms. The first-order chi connectivity index (χ1) is 10.8. The first kappa shape index (κ1) is 17.7. The minimum atomic E-state index is -3.63. The summed E-state index contributed by atoms with van der Waals surface area (Å²) in [5.74, 6) is -0.143. The summed E-state index contributed by atoms with van der Waals surface area (Å²) >= 11 is 3.32. The number of halogens is 1. The molecule has 0 spiro atoms. The Morgan fingerprint density at radius 2 is 1.83 bits per heavy atom. The fourth-order valence-electron chi connectivity index (χ4n) is 1.73. The van der Waals surface area contributed by atoms with Crippen LogP contribution in [-0.4, -0.2) is 32.8 Å². The summed E-state index contributed by atoms with van der Waals surface area (Å²) in [6, 6.07) is 10.1. The highest BCUT2D eigenvalue weighted by Gasteiger charge is 2.21. The molecule has 124 valence electrons. The number of hydrogen-bond acceptors (Lipinski definition) is 5. The Kier molecular flexibility index (Phi) is 5.61. The lowest BCUT2D eigenvalue weighted by molar-refractivity contribution is -0.144. The van der Waals surface area contributed by atoms with Crippen LogP contribution in [0.5, 0.6) is 0 Å². The summed E-state index contributed by atoms with van der Waals surface area (Å²) in [5.41, 5.74) is 0.827. The molecule has 0 bridgehead atoms. The van der Waals surface area contributed by atoms with E-state index in [1.807, 2.05) is 24.3 Å². The van der Waals surface area contributed by atoms with Crippen LogP contribution in [0.15, 0.2) is 50.4 Å². The number of furan rings is 1. The monoisotopic (exact) mass is 401 g/mol. The summed E-state index contributed by atoms with van der Waals surface area (Å²) in [5, 5.41) is -0.179. The standard InChI is InChI=1S/C15H16BrNO5S/c1-17(2)23(19,20)15-8-7-13(22-15)10-21-14(18)9-11-3-5-12(16)6-4-11/h3-8H,9-10H2,1-2H3. The molecule has 0 aliphatic carbocycles. The minimum absolute atomic E-state index is 0.113. The lowest BCUT2D eigenvalue weighted by Gasteiger charge is -2.08. The zero-order valence-corrected chi connectivity index (χ0v) is 15.1. The van der Waals surface area contributed by atoms with Gasteiger partial charge in [-0.05, 0) is 29.8 Å². The second-order valence-electron chi connectivity index (χ2n) is 4.97. The van der Waals surface area contributed by atoms with Crippen LogP contribution in [0.1, 0.15) is 11.3 Å². The second-order valence-corrected chi connectivity index (χ2v) is 7.97. The molecule has 1 heterocycles. The number of nitrogens with zero attached hydrogens (tertiary/aromatic N) is 1. The number of rotatable bonds is 6. The lowest BCUT2D eigenvalue weighted by Crippen LogP contribution is -2.21. The predicted octanol–water partition coefficient (Wildman–Crippen LogP) is 2.58. The highest BCUT2D eigenvalue weighted by Crippen LogP contribution is 2.18. The fourth-order valence-corrected chi connectivity index (χ4v) is 2.80. The number of carbonyl (C=O) groups is 1. The van der Waals surface area contributed by atoms with E-state index in [1.54, 1.807) is 0 Å². The van der Waals surface area contributed by atoms with Gasteiger partial charge < -0.3 is 9.15 Å². The average Bonchev–Trinajstić information content (AvgIpc) is 2.97. The van der Waals surface area contributed by atoms with E-state index in [-0.39, 0.29) is 23.9 Å². The number of hydrogen-bond donors (Lipinski definition) is 0. The smallest absolute Gasteiger partial charge is 0.310 e. The maximum absolute atomic E-state index is 11.9. The van der Waals surface area contributed by atoms with Gasteiger partial charge in [0.25, 0.3) is 10.0 Å². The highest BCUT2D eigenvalue weighted by atomic mass is 79.9. The van der Waals surface area contributed by atoms with Crippen LogP contribution < -0.4 is 0 Å². The van der Waals surface area contributed by atoms with Gasteiger partial charge in [-0.3, -0.25) is 4.79 Å². The van der Waals surface area contributed by atoms with Crippen molar-refractivity contribution in [1.82, 2.24) is 4.31 Å². The van der Waals surface area contributed by atoms with Crippen LogP contribution in [-0.2, 0) is 32.6 Å². The Balaban J connectivity index is 1.92. The molecule has 1 aromatic carbocycles. The van der Waals surface area contributed by atoms with E-state index < -0.39 is 16.0 Å². The molecule has 0 aliphatic rings. The van der Waals surface area contributed by atoms with Gasteiger partial charge in [-0.25, -0.2) is 12.7 Å². The average molecular weight is 402 g/mol. The number of benzene rings is 1. The number of ether oxygens (including phenoxy) is 1. The van der Waals surface area contributed by atoms with Crippen molar-refractivity contribution in [3.8, 4) is 0 Å². The molecule has 1 aromatic heterocycles. The molecule has 0 saturated carbocycles. The van der Waals surface area contributed by atoms with Crippen LogP contribution in [0, 0.1) is 0 Å². The molecule has 23 heavy (non-hydrogen) atoms. The third-order valence-electron chi connectivity index (χ3n) is 3.01. The van der Waals surface area contributed by atoms with E-state index in [4.69, 9.17) is 9.15 Å². The molecular formula is C15H16BrNO5S. The Labute approximate surface area is 143 Å². The van der Waals surface area contributed by atoms with Crippen molar-refractivity contribution in [3.63, 3.8) is 0 Å². The molecule has 0 saturated heterocycles. The van der Waals surface area contributed by atoms with E-state index in [2.05, 4.69) is 15.9 Å². The number of carbonyl (C=O) groups excluding carboxylic acids is 1. The topological polar surface area (TPSA) is 76.8 Å². The van der Waals surface area contributed by atoms with Crippen LogP contribution in [0.3, 0.4) is 0 Å². The van der Waals surface area contributed by atoms with Gasteiger partial charge in [0.1, 0.15) is 12.4 Å². The van der Waals surface area contributed by atoms with Gasteiger partial charge in [0.15, 0.2) is 0 Å². The molecule has 0 radical (unpaired) electrons. The molecule has 0 atom stereocenters. The van der Waals surface area contributed by atoms with Crippen molar-refractivity contribution < 1.29 is 22.4 Å². The van der Waals surface area contributed by atoms with E-state index in [1.165, 1.54) is 26.2 Å².